The first-order valence-corrected chi connectivity index (χ1v) is 7.60. The van der Waals surface area contributed by atoms with Crippen LogP contribution >= 0.6 is 0 Å². The lowest BCUT2D eigenvalue weighted by molar-refractivity contribution is -0.111. The van der Waals surface area contributed by atoms with Gasteiger partial charge in [0.15, 0.2) is 0 Å². The van der Waals surface area contributed by atoms with Gasteiger partial charge in [-0.2, -0.15) is 0 Å². The van der Waals surface area contributed by atoms with Gasteiger partial charge in [-0.1, -0.05) is 0 Å². The van der Waals surface area contributed by atoms with E-state index in [1.807, 2.05) is 19.1 Å². The molecule has 0 aromatic heterocycles. The second-order valence-electron chi connectivity index (χ2n) is 4.89. The first-order valence-electron chi connectivity index (χ1n) is 7.60. The van der Waals surface area contributed by atoms with Gasteiger partial charge in [0.2, 0.25) is 5.91 Å². The summed E-state index contributed by atoms with van der Waals surface area (Å²) in [6.45, 7) is 2.53. The molecule has 1 amide bonds. The highest BCUT2D eigenvalue weighted by Crippen LogP contribution is 2.25. The van der Waals surface area contributed by atoms with E-state index in [4.69, 9.17) is 14.2 Å². The highest BCUT2D eigenvalue weighted by molar-refractivity contribution is 6.02. The normalized spacial score (nSPS) is 10.5. The van der Waals surface area contributed by atoms with Crippen molar-refractivity contribution in [2.24, 2.45) is 0 Å². The van der Waals surface area contributed by atoms with E-state index in [1.54, 1.807) is 50.6 Å². The molecule has 126 valence electrons. The minimum atomic E-state index is -0.232. The first-order chi connectivity index (χ1) is 11.7. The van der Waals surface area contributed by atoms with Crippen molar-refractivity contribution in [1.29, 1.82) is 0 Å². The molecule has 0 radical (unpaired) electrons. The van der Waals surface area contributed by atoms with E-state index in [1.165, 1.54) is 6.08 Å². The molecule has 0 heterocycles. The van der Waals surface area contributed by atoms with Crippen LogP contribution in [0.3, 0.4) is 0 Å². The number of nitrogens with one attached hydrogen (secondary N) is 1. The van der Waals surface area contributed by atoms with Crippen LogP contribution in [0.1, 0.15) is 12.5 Å². The Kier molecular flexibility index (Phi) is 6.25. The molecule has 2 rings (SSSR count). The van der Waals surface area contributed by atoms with Gasteiger partial charge in [-0.25, -0.2) is 0 Å². The molecular weight excluding hydrogens is 306 g/mol. The zero-order valence-corrected chi connectivity index (χ0v) is 14.0. The van der Waals surface area contributed by atoms with E-state index >= 15 is 0 Å². The van der Waals surface area contributed by atoms with Gasteiger partial charge in [-0.05, 0) is 55.5 Å². The van der Waals surface area contributed by atoms with Crippen molar-refractivity contribution >= 4 is 17.7 Å². The molecule has 0 spiro atoms. The van der Waals surface area contributed by atoms with Gasteiger partial charge in [0, 0.05) is 17.3 Å². The predicted molar refractivity (Wildman–Crippen MR) is 94.8 cm³/mol. The average Bonchev–Trinajstić information content (AvgIpc) is 2.61. The van der Waals surface area contributed by atoms with Gasteiger partial charge in [0.25, 0.3) is 0 Å². The number of carbonyl (C=O) groups is 1. The minimum Gasteiger partial charge on any atom is -0.497 e. The van der Waals surface area contributed by atoms with E-state index < -0.39 is 0 Å². The van der Waals surface area contributed by atoms with Gasteiger partial charge < -0.3 is 19.5 Å². The van der Waals surface area contributed by atoms with E-state index in [-0.39, 0.29) is 5.91 Å². The van der Waals surface area contributed by atoms with Gasteiger partial charge in [-0.3, -0.25) is 4.79 Å². The van der Waals surface area contributed by atoms with E-state index in [2.05, 4.69) is 5.32 Å². The van der Waals surface area contributed by atoms with Crippen molar-refractivity contribution in [3.05, 3.63) is 54.1 Å². The Bertz CT molecular complexity index is 708. The van der Waals surface area contributed by atoms with Crippen LogP contribution in [-0.2, 0) is 4.79 Å². The molecule has 0 aliphatic rings. The lowest BCUT2D eigenvalue weighted by Gasteiger charge is -2.07. The summed E-state index contributed by atoms with van der Waals surface area (Å²) in [5.74, 6) is 1.90. The van der Waals surface area contributed by atoms with E-state index in [0.717, 1.165) is 11.3 Å². The number of anilines is 1. The van der Waals surface area contributed by atoms with Gasteiger partial charge >= 0.3 is 0 Å². The molecule has 0 bridgehead atoms. The van der Waals surface area contributed by atoms with Crippen LogP contribution in [-0.4, -0.2) is 26.7 Å². The van der Waals surface area contributed by atoms with Crippen LogP contribution < -0.4 is 19.5 Å². The number of benzene rings is 2. The number of carbonyl (C=O) groups excluding carboxylic acids is 1. The Morgan fingerprint density at radius 1 is 1.04 bits per heavy atom. The van der Waals surface area contributed by atoms with E-state index in [0.29, 0.717) is 23.8 Å². The SMILES string of the molecule is CCOc1ccc(NC(=O)/C=C/c2cc(OC)ccc2OC)cc1. The quantitative estimate of drug-likeness (QED) is 0.787. The van der Waals surface area contributed by atoms with Crippen molar-refractivity contribution in [1.82, 2.24) is 0 Å². The van der Waals surface area contributed by atoms with Crippen LogP contribution in [0, 0.1) is 0 Å². The molecular formula is C19H21NO4. The maximum absolute atomic E-state index is 12.0. The topological polar surface area (TPSA) is 56.8 Å². The summed E-state index contributed by atoms with van der Waals surface area (Å²) < 4.78 is 15.8. The third kappa shape index (κ3) is 4.78. The lowest BCUT2D eigenvalue weighted by Crippen LogP contribution is -2.07. The number of ether oxygens (including phenoxy) is 3. The van der Waals surface area contributed by atoms with Crippen LogP contribution in [0.5, 0.6) is 17.2 Å². The first kappa shape index (κ1) is 17.4. The summed E-state index contributed by atoms with van der Waals surface area (Å²) >= 11 is 0. The van der Waals surface area contributed by atoms with Crippen LogP contribution in [0.2, 0.25) is 0 Å². The monoisotopic (exact) mass is 327 g/mol. The molecule has 5 heteroatoms. The highest BCUT2D eigenvalue weighted by atomic mass is 16.5. The third-order valence-corrected chi connectivity index (χ3v) is 3.28. The Labute approximate surface area is 141 Å². The standard InChI is InChI=1S/C19H21NO4/c1-4-24-16-8-6-15(7-9-16)20-19(21)12-5-14-13-17(22-2)10-11-18(14)23-3/h5-13H,4H2,1-3H3,(H,20,21)/b12-5+. The number of rotatable bonds is 7. The van der Waals surface area contributed by atoms with Crippen molar-refractivity contribution in [3.63, 3.8) is 0 Å². The molecule has 0 saturated carbocycles. The van der Waals surface area contributed by atoms with Gasteiger partial charge in [0.1, 0.15) is 17.2 Å². The van der Waals surface area contributed by atoms with Gasteiger partial charge in [0.05, 0.1) is 20.8 Å². The number of hydrogen-bond donors (Lipinski definition) is 1. The summed E-state index contributed by atoms with van der Waals surface area (Å²) in [6, 6.07) is 12.6. The minimum absolute atomic E-state index is 0.232. The maximum Gasteiger partial charge on any atom is 0.248 e. The maximum atomic E-state index is 12.0. The summed E-state index contributed by atoms with van der Waals surface area (Å²) in [7, 11) is 3.17. The summed E-state index contributed by atoms with van der Waals surface area (Å²) in [5, 5.41) is 2.79. The molecule has 0 saturated heterocycles. The molecule has 0 aliphatic carbocycles. The average molecular weight is 327 g/mol. The Morgan fingerprint density at radius 2 is 1.75 bits per heavy atom. The fourth-order valence-electron chi connectivity index (χ4n) is 2.12. The zero-order chi connectivity index (χ0) is 17.4. The molecule has 5 nitrogen and oxygen atoms in total. The predicted octanol–water partition coefficient (Wildman–Crippen LogP) is 3.75. The van der Waals surface area contributed by atoms with Crippen molar-refractivity contribution in [3.8, 4) is 17.2 Å². The largest absolute Gasteiger partial charge is 0.497 e. The second kappa shape index (κ2) is 8.62. The fourth-order valence-corrected chi connectivity index (χ4v) is 2.12. The summed E-state index contributed by atoms with van der Waals surface area (Å²) in [4.78, 5) is 12.0. The molecule has 0 aliphatic heterocycles. The fraction of sp³-hybridized carbons (Fsp3) is 0.211. The molecule has 1 N–H and O–H groups in total. The number of hydrogen-bond acceptors (Lipinski definition) is 4. The Hall–Kier alpha value is -2.95. The Balaban J connectivity index is 2.04. The highest BCUT2D eigenvalue weighted by Gasteiger charge is 2.03. The smallest absolute Gasteiger partial charge is 0.248 e. The van der Waals surface area contributed by atoms with Crippen molar-refractivity contribution in [2.75, 3.05) is 26.1 Å². The molecule has 24 heavy (non-hydrogen) atoms. The summed E-state index contributed by atoms with van der Waals surface area (Å²) in [6.07, 6.45) is 3.14. The Morgan fingerprint density at radius 3 is 2.38 bits per heavy atom. The van der Waals surface area contributed by atoms with Crippen molar-refractivity contribution < 1.29 is 19.0 Å². The third-order valence-electron chi connectivity index (χ3n) is 3.28. The lowest BCUT2D eigenvalue weighted by atomic mass is 10.1. The second-order valence-corrected chi connectivity index (χ2v) is 4.89. The van der Waals surface area contributed by atoms with Crippen LogP contribution in [0.15, 0.2) is 48.5 Å². The summed E-state index contributed by atoms with van der Waals surface area (Å²) in [5.41, 5.74) is 1.46. The van der Waals surface area contributed by atoms with Crippen LogP contribution in [0.4, 0.5) is 5.69 Å². The van der Waals surface area contributed by atoms with E-state index in [9.17, 15) is 4.79 Å². The van der Waals surface area contributed by atoms with Gasteiger partial charge in [-0.15, -0.1) is 0 Å². The van der Waals surface area contributed by atoms with Crippen molar-refractivity contribution in [2.45, 2.75) is 6.92 Å². The molecule has 0 atom stereocenters. The molecule has 2 aromatic carbocycles. The zero-order valence-electron chi connectivity index (χ0n) is 14.0. The van der Waals surface area contributed by atoms with Crippen LogP contribution in [0.25, 0.3) is 6.08 Å². The number of amides is 1. The molecule has 2 aromatic rings. The number of methoxy groups -OCH3 is 2. The molecule has 0 unspecified atom stereocenters. The molecule has 0 fully saturated rings.